The molecule has 156 valence electrons. The number of hydrogen-bond acceptors (Lipinski definition) is 5. The van der Waals surface area contributed by atoms with Gasteiger partial charge in [-0.05, 0) is 74.7 Å². The van der Waals surface area contributed by atoms with Crippen molar-refractivity contribution in [2.24, 2.45) is 0 Å². The van der Waals surface area contributed by atoms with Crippen LogP contribution in [0.5, 0.6) is 0 Å². The highest BCUT2D eigenvalue weighted by atomic mass is 32.2. The minimum absolute atomic E-state index is 0.163. The Morgan fingerprint density at radius 1 is 1.03 bits per heavy atom. The Kier molecular flexibility index (Phi) is 7.39. The fraction of sp³-hybridized carbons (Fsp3) is 0.333. The minimum Gasteiger partial charge on any atom is -0.449 e. The quantitative estimate of drug-likeness (QED) is 0.641. The van der Waals surface area contributed by atoms with E-state index in [1.807, 2.05) is 20.8 Å². The van der Waals surface area contributed by atoms with Crippen LogP contribution in [0.1, 0.15) is 41.8 Å². The van der Waals surface area contributed by atoms with Gasteiger partial charge in [-0.1, -0.05) is 13.0 Å². The molecule has 0 aromatic heterocycles. The van der Waals surface area contributed by atoms with Crippen LogP contribution in [0, 0.1) is 13.8 Å². The Hall–Kier alpha value is -2.87. The summed E-state index contributed by atoms with van der Waals surface area (Å²) in [6.07, 6.45) is -0.136. The Bertz CT molecular complexity index is 985. The molecule has 0 aliphatic rings. The van der Waals surface area contributed by atoms with Gasteiger partial charge >= 0.3 is 5.97 Å². The first-order chi connectivity index (χ1) is 13.6. The fourth-order valence-corrected chi connectivity index (χ4v) is 3.59. The molecule has 7 nitrogen and oxygen atoms in total. The van der Waals surface area contributed by atoms with Crippen LogP contribution in [-0.2, 0) is 19.6 Å². The third-order valence-electron chi connectivity index (χ3n) is 4.36. The predicted octanol–water partition coefficient (Wildman–Crippen LogP) is 3.18. The third-order valence-corrected chi connectivity index (χ3v) is 5.74. The van der Waals surface area contributed by atoms with Gasteiger partial charge in [0.05, 0.1) is 10.5 Å². The van der Waals surface area contributed by atoms with Crippen molar-refractivity contribution >= 4 is 27.6 Å². The molecule has 2 N–H and O–H groups in total. The van der Waals surface area contributed by atoms with Gasteiger partial charge in [0.15, 0.2) is 6.10 Å². The molecule has 0 fully saturated rings. The highest BCUT2D eigenvalue weighted by Crippen LogP contribution is 2.19. The molecule has 0 aliphatic carbocycles. The number of benzene rings is 2. The molecule has 0 aliphatic heterocycles. The lowest BCUT2D eigenvalue weighted by molar-refractivity contribution is -0.129. The van der Waals surface area contributed by atoms with E-state index in [9.17, 15) is 18.0 Å². The van der Waals surface area contributed by atoms with Crippen LogP contribution in [-0.4, -0.2) is 32.9 Å². The summed E-state index contributed by atoms with van der Waals surface area (Å²) in [4.78, 5) is 24.1. The average Bonchev–Trinajstić information content (AvgIpc) is 2.68. The van der Waals surface area contributed by atoms with E-state index in [2.05, 4.69) is 10.0 Å². The molecule has 0 heterocycles. The zero-order valence-corrected chi connectivity index (χ0v) is 17.8. The number of carbonyl (C=O) groups is 2. The molecule has 0 saturated heterocycles. The van der Waals surface area contributed by atoms with Gasteiger partial charge in [0.1, 0.15) is 0 Å². The first kappa shape index (κ1) is 22.4. The molecular weight excluding hydrogens is 392 g/mol. The van der Waals surface area contributed by atoms with Crippen LogP contribution in [0.2, 0.25) is 0 Å². The number of hydrogen-bond donors (Lipinski definition) is 2. The van der Waals surface area contributed by atoms with Gasteiger partial charge in [-0.3, -0.25) is 9.52 Å². The van der Waals surface area contributed by atoms with Crippen LogP contribution in [0.3, 0.4) is 0 Å². The molecule has 2 aromatic carbocycles. The lowest BCUT2D eigenvalue weighted by Crippen LogP contribution is -2.36. The van der Waals surface area contributed by atoms with Crippen molar-refractivity contribution in [3.8, 4) is 0 Å². The van der Waals surface area contributed by atoms with Gasteiger partial charge in [0.2, 0.25) is 0 Å². The maximum absolute atomic E-state index is 12.5. The summed E-state index contributed by atoms with van der Waals surface area (Å²) >= 11 is 0. The number of aryl methyl sites for hydroxylation is 2. The van der Waals surface area contributed by atoms with E-state index in [4.69, 9.17) is 4.74 Å². The highest BCUT2D eigenvalue weighted by Gasteiger charge is 2.19. The van der Waals surface area contributed by atoms with Crippen LogP contribution in [0.4, 0.5) is 5.69 Å². The second-order valence-corrected chi connectivity index (χ2v) is 8.45. The molecule has 1 atom stereocenters. The number of rotatable bonds is 8. The van der Waals surface area contributed by atoms with Gasteiger partial charge in [0, 0.05) is 12.2 Å². The van der Waals surface area contributed by atoms with Crippen molar-refractivity contribution in [3.63, 3.8) is 0 Å². The Morgan fingerprint density at radius 2 is 1.69 bits per heavy atom. The molecule has 0 saturated carbocycles. The van der Waals surface area contributed by atoms with Crippen LogP contribution in [0.15, 0.2) is 47.4 Å². The minimum atomic E-state index is -3.74. The van der Waals surface area contributed by atoms with E-state index in [-0.39, 0.29) is 16.4 Å². The maximum atomic E-state index is 12.5. The average molecular weight is 419 g/mol. The number of esters is 1. The van der Waals surface area contributed by atoms with Crippen molar-refractivity contribution in [1.29, 1.82) is 0 Å². The van der Waals surface area contributed by atoms with E-state index in [0.717, 1.165) is 17.5 Å². The lowest BCUT2D eigenvalue weighted by Gasteiger charge is -2.13. The molecule has 0 radical (unpaired) electrons. The molecule has 8 heteroatoms. The van der Waals surface area contributed by atoms with Crippen molar-refractivity contribution in [3.05, 3.63) is 59.2 Å². The second kappa shape index (κ2) is 9.56. The number of ether oxygens (including phenoxy) is 1. The lowest BCUT2D eigenvalue weighted by atomic mass is 10.1. The number of nitrogens with one attached hydrogen (secondary N) is 2. The van der Waals surface area contributed by atoms with Crippen molar-refractivity contribution in [1.82, 2.24) is 5.32 Å². The Labute approximate surface area is 171 Å². The molecule has 1 amide bonds. The molecule has 2 aromatic rings. The number of carbonyl (C=O) groups excluding carboxylic acids is 2. The van der Waals surface area contributed by atoms with E-state index in [1.54, 1.807) is 18.2 Å². The van der Waals surface area contributed by atoms with Crippen molar-refractivity contribution < 1.29 is 22.7 Å². The van der Waals surface area contributed by atoms with Gasteiger partial charge in [-0.15, -0.1) is 0 Å². The molecule has 0 spiro atoms. The summed E-state index contributed by atoms with van der Waals surface area (Å²) < 4.78 is 32.7. The fourth-order valence-electron chi connectivity index (χ4n) is 2.44. The topological polar surface area (TPSA) is 102 Å². The molecule has 2 rings (SSSR count). The Morgan fingerprint density at radius 3 is 2.28 bits per heavy atom. The molecule has 0 unspecified atom stereocenters. The second-order valence-electron chi connectivity index (χ2n) is 6.77. The summed E-state index contributed by atoms with van der Waals surface area (Å²) in [6.45, 7) is 7.68. The van der Waals surface area contributed by atoms with E-state index < -0.39 is 22.1 Å². The SMILES string of the molecule is CCCNC(=O)[C@@H](C)OC(=O)c1ccc(NS(=O)(=O)c2ccc(C)c(C)c2)cc1. The first-order valence-electron chi connectivity index (χ1n) is 9.33. The standard InChI is InChI=1S/C21H26N2O5S/c1-5-12-22-20(24)16(4)28-21(25)17-7-9-18(10-8-17)23-29(26,27)19-11-6-14(2)15(3)13-19/h6-11,13,16,23H,5,12H2,1-4H3,(H,22,24)/t16-/m1/s1. The maximum Gasteiger partial charge on any atom is 0.338 e. The van der Waals surface area contributed by atoms with Crippen LogP contribution in [0.25, 0.3) is 0 Å². The van der Waals surface area contributed by atoms with Crippen molar-refractivity contribution in [2.75, 3.05) is 11.3 Å². The highest BCUT2D eigenvalue weighted by molar-refractivity contribution is 7.92. The van der Waals surface area contributed by atoms with Crippen LogP contribution >= 0.6 is 0 Å². The number of amides is 1. The molecule has 29 heavy (non-hydrogen) atoms. The van der Waals surface area contributed by atoms with E-state index >= 15 is 0 Å². The zero-order valence-electron chi connectivity index (χ0n) is 17.0. The van der Waals surface area contributed by atoms with E-state index in [0.29, 0.717) is 12.2 Å². The summed E-state index contributed by atoms with van der Waals surface area (Å²) in [6, 6.07) is 10.7. The van der Waals surface area contributed by atoms with Gasteiger partial charge in [-0.25, -0.2) is 13.2 Å². The smallest absolute Gasteiger partial charge is 0.338 e. The van der Waals surface area contributed by atoms with E-state index in [1.165, 1.54) is 31.2 Å². The summed E-state index contributed by atoms with van der Waals surface area (Å²) in [5.41, 5.74) is 2.41. The number of sulfonamides is 1. The third kappa shape index (κ3) is 6.05. The van der Waals surface area contributed by atoms with Gasteiger partial charge < -0.3 is 10.1 Å². The summed E-state index contributed by atoms with van der Waals surface area (Å²) in [7, 11) is -3.74. The van der Waals surface area contributed by atoms with Crippen LogP contribution < -0.4 is 10.0 Å². The summed E-state index contributed by atoms with van der Waals surface area (Å²) in [5.74, 6) is -1.02. The van der Waals surface area contributed by atoms with Gasteiger partial charge in [0.25, 0.3) is 15.9 Å². The first-order valence-corrected chi connectivity index (χ1v) is 10.8. The molecular formula is C21H26N2O5S. The number of anilines is 1. The summed E-state index contributed by atoms with van der Waals surface area (Å²) in [5, 5.41) is 2.65. The zero-order chi connectivity index (χ0) is 21.6. The van der Waals surface area contributed by atoms with Crippen molar-refractivity contribution in [2.45, 2.75) is 45.1 Å². The predicted molar refractivity (Wildman–Crippen MR) is 111 cm³/mol. The normalized spacial score (nSPS) is 12.1. The van der Waals surface area contributed by atoms with Gasteiger partial charge in [-0.2, -0.15) is 0 Å². The largest absolute Gasteiger partial charge is 0.449 e. The monoisotopic (exact) mass is 418 g/mol. The molecule has 0 bridgehead atoms. The Balaban J connectivity index is 2.05.